The summed E-state index contributed by atoms with van der Waals surface area (Å²) in [5.41, 5.74) is 3.11. The third-order valence-corrected chi connectivity index (χ3v) is 3.03. The number of pyridine rings is 1. The van der Waals surface area contributed by atoms with Gasteiger partial charge in [0.2, 0.25) is 0 Å². The van der Waals surface area contributed by atoms with E-state index in [9.17, 15) is 0 Å². The summed E-state index contributed by atoms with van der Waals surface area (Å²) in [5.74, 6) is 0. The van der Waals surface area contributed by atoms with Gasteiger partial charge in [0.25, 0.3) is 0 Å². The predicted molar refractivity (Wildman–Crippen MR) is 65.7 cm³/mol. The number of fused-ring (bicyclic) bond motifs is 1. The Bertz CT molecular complexity index is 492. The summed E-state index contributed by atoms with van der Waals surface area (Å²) >= 11 is 8.08. The Kier molecular flexibility index (Phi) is 2.66. The van der Waals surface area contributed by atoms with E-state index in [1.807, 2.05) is 17.7 Å². The van der Waals surface area contributed by atoms with Crippen molar-refractivity contribution in [3.8, 4) is 0 Å². The third kappa shape index (κ3) is 1.50. The normalized spacial score (nSPS) is 11.1. The van der Waals surface area contributed by atoms with Crippen LogP contribution in [-0.4, -0.2) is 14.8 Å². The summed E-state index contributed by atoms with van der Waals surface area (Å²) in [6.45, 7) is 4.94. The molecule has 0 aromatic carbocycles. The maximum atomic E-state index is 5.90. The number of aromatic nitrogens is 3. The largest absolute Gasteiger partial charge is 0.262 e. The van der Waals surface area contributed by atoms with Crippen LogP contribution in [0, 0.1) is 10.6 Å². The van der Waals surface area contributed by atoms with Crippen molar-refractivity contribution in [1.82, 2.24) is 14.8 Å². The molecule has 0 unspecified atom stereocenters. The molecule has 2 aromatic rings. The van der Waals surface area contributed by atoms with Crippen LogP contribution < -0.4 is 0 Å². The molecule has 74 valence electrons. The van der Waals surface area contributed by atoms with E-state index in [2.05, 4.69) is 39.6 Å². The van der Waals surface area contributed by atoms with Crippen LogP contribution in [0.3, 0.4) is 0 Å². The highest BCUT2D eigenvalue weighted by atomic mass is 127. The molecular weight excluding hydrogens is 312 g/mol. The van der Waals surface area contributed by atoms with Gasteiger partial charge in [0, 0.05) is 6.54 Å². The van der Waals surface area contributed by atoms with Crippen LogP contribution >= 0.6 is 34.2 Å². The van der Waals surface area contributed by atoms with Crippen LogP contribution in [0.5, 0.6) is 0 Å². The molecule has 2 rings (SSSR count). The second-order valence-electron chi connectivity index (χ2n) is 3.07. The van der Waals surface area contributed by atoms with E-state index in [0.29, 0.717) is 5.15 Å². The fourth-order valence-electron chi connectivity index (χ4n) is 1.53. The molecule has 14 heavy (non-hydrogen) atoms. The summed E-state index contributed by atoms with van der Waals surface area (Å²) in [5, 5.41) is 4.92. The Morgan fingerprint density at radius 3 is 2.93 bits per heavy atom. The average molecular weight is 322 g/mol. The monoisotopic (exact) mass is 321 g/mol. The van der Waals surface area contributed by atoms with Gasteiger partial charge >= 0.3 is 0 Å². The summed E-state index contributed by atoms with van der Waals surface area (Å²) in [7, 11) is 0. The van der Waals surface area contributed by atoms with Crippen molar-refractivity contribution in [2.75, 3.05) is 0 Å². The maximum absolute atomic E-state index is 5.90. The first-order chi connectivity index (χ1) is 6.63. The van der Waals surface area contributed by atoms with Gasteiger partial charge in [-0.2, -0.15) is 5.10 Å². The molecule has 5 heteroatoms. The van der Waals surface area contributed by atoms with E-state index in [1.54, 1.807) is 0 Å². The van der Waals surface area contributed by atoms with E-state index >= 15 is 0 Å². The van der Waals surface area contributed by atoms with Crippen LogP contribution in [0.15, 0.2) is 6.07 Å². The van der Waals surface area contributed by atoms with Crippen LogP contribution in [0.1, 0.15) is 12.5 Å². The fourth-order valence-corrected chi connectivity index (χ4v) is 2.41. The quantitative estimate of drug-likeness (QED) is 0.597. The van der Waals surface area contributed by atoms with Gasteiger partial charge < -0.3 is 0 Å². The number of hydrogen-bond donors (Lipinski definition) is 0. The third-order valence-electron chi connectivity index (χ3n) is 2.11. The van der Waals surface area contributed by atoms with Gasteiger partial charge in [-0.05, 0) is 48.1 Å². The Labute approximate surface area is 101 Å². The first-order valence-electron chi connectivity index (χ1n) is 4.32. The zero-order valence-electron chi connectivity index (χ0n) is 7.88. The van der Waals surface area contributed by atoms with Gasteiger partial charge in [-0.15, -0.1) is 0 Å². The first kappa shape index (κ1) is 10.2. The summed E-state index contributed by atoms with van der Waals surface area (Å²) in [6, 6.07) is 1.87. The molecule has 0 bridgehead atoms. The number of aryl methyl sites for hydroxylation is 2. The second-order valence-corrected chi connectivity index (χ2v) is 4.47. The van der Waals surface area contributed by atoms with Crippen molar-refractivity contribution in [2.24, 2.45) is 0 Å². The molecule has 0 N–H and O–H groups in total. The van der Waals surface area contributed by atoms with Gasteiger partial charge in [-0.25, -0.2) is 4.98 Å². The van der Waals surface area contributed by atoms with Gasteiger partial charge in [0.1, 0.15) is 14.4 Å². The van der Waals surface area contributed by atoms with E-state index < -0.39 is 0 Å². The zero-order chi connectivity index (χ0) is 10.3. The van der Waals surface area contributed by atoms with E-state index in [4.69, 9.17) is 11.6 Å². The molecular formula is C9H9ClIN3. The molecule has 0 aliphatic rings. The van der Waals surface area contributed by atoms with Crippen LogP contribution in [0.4, 0.5) is 0 Å². The highest BCUT2D eigenvalue weighted by Crippen LogP contribution is 2.24. The molecule has 0 atom stereocenters. The number of nitrogens with zero attached hydrogens (tertiary/aromatic N) is 3. The number of halogens is 2. The standard InChI is InChI=1S/C9H9ClIN3/c1-3-14-8-5(2)4-6(10)12-7(8)9(11)13-14/h4H,3H2,1-2H3. The molecule has 0 aliphatic carbocycles. The van der Waals surface area contributed by atoms with Gasteiger partial charge in [-0.3, -0.25) is 4.68 Å². The number of hydrogen-bond acceptors (Lipinski definition) is 2. The Morgan fingerprint density at radius 2 is 2.29 bits per heavy atom. The minimum Gasteiger partial charge on any atom is -0.262 e. The van der Waals surface area contributed by atoms with E-state index in [0.717, 1.165) is 26.8 Å². The van der Waals surface area contributed by atoms with Crippen molar-refractivity contribution in [2.45, 2.75) is 20.4 Å². The smallest absolute Gasteiger partial charge is 0.149 e. The highest BCUT2D eigenvalue weighted by Gasteiger charge is 2.11. The molecule has 3 nitrogen and oxygen atoms in total. The lowest BCUT2D eigenvalue weighted by atomic mass is 10.2. The maximum Gasteiger partial charge on any atom is 0.149 e. The van der Waals surface area contributed by atoms with Crippen LogP contribution in [0.25, 0.3) is 11.0 Å². The Hall–Kier alpha value is -0.360. The summed E-state index contributed by atoms with van der Waals surface area (Å²) in [4.78, 5) is 4.28. The Morgan fingerprint density at radius 1 is 1.57 bits per heavy atom. The zero-order valence-corrected chi connectivity index (χ0v) is 10.8. The van der Waals surface area contributed by atoms with Crippen LogP contribution in [-0.2, 0) is 6.54 Å². The molecule has 0 saturated carbocycles. The first-order valence-corrected chi connectivity index (χ1v) is 5.78. The van der Waals surface area contributed by atoms with E-state index in [1.165, 1.54) is 0 Å². The molecule has 0 saturated heterocycles. The highest BCUT2D eigenvalue weighted by molar-refractivity contribution is 14.1. The van der Waals surface area contributed by atoms with Crippen LogP contribution in [0.2, 0.25) is 5.15 Å². The SMILES string of the molecule is CCn1nc(I)c2nc(Cl)cc(C)c21. The topological polar surface area (TPSA) is 30.7 Å². The molecule has 0 spiro atoms. The number of rotatable bonds is 1. The molecule has 2 aromatic heterocycles. The van der Waals surface area contributed by atoms with Gasteiger partial charge in [0.15, 0.2) is 0 Å². The lowest BCUT2D eigenvalue weighted by Crippen LogP contribution is -1.97. The Balaban J connectivity index is 2.89. The van der Waals surface area contributed by atoms with Crippen molar-refractivity contribution in [3.63, 3.8) is 0 Å². The molecule has 2 heterocycles. The van der Waals surface area contributed by atoms with Crippen molar-refractivity contribution in [3.05, 3.63) is 20.5 Å². The summed E-state index contributed by atoms with van der Waals surface area (Å²) < 4.78 is 2.86. The molecule has 0 radical (unpaired) electrons. The van der Waals surface area contributed by atoms with Crippen molar-refractivity contribution >= 4 is 45.2 Å². The molecule has 0 aliphatic heterocycles. The van der Waals surface area contributed by atoms with Crippen molar-refractivity contribution < 1.29 is 0 Å². The lowest BCUT2D eigenvalue weighted by molar-refractivity contribution is 0.676. The van der Waals surface area contributed by atoms with Gasteiger partial charge in [-0.1, -0.05) is 11.6 Å². The van der Waals surface area contributed by atoms with Crippen molar-refractivity contribution in [1.29, 1.82) is 0 Å². The summed E-state index contributed by atoms with van der Waals surface area (Å²) in [6.07, 6.45) is 0. The minimum absolute atomic E-state index is 0.531. The fraction of sp³-hybridized carbons (Fsp3) is 0.333. The second kappa shape index (κ2) is 3.66. The molecule has 0 amide bonds. The minimum atomic E-state index is 0.531. The average Bonchev–Trinajstić information content (AvgIpc) is 2.43. The molecule has 0 fully saturated rings. The van der Waals surface area contributed by atoms with E-state index in [-0.39, 0.29) is 0 Å². The van der Waals surface area contributed by atoms with Gasteiger partial charge in [0.05, 0.1) is 5.52 Å². The lowest BCUT2D eigenvalue weighted by Gasteiger charge is -2.01. The predicted octanol–water partition coefficient (Wildman–Crippen LogP) is 3.02.